The number of hydrogen-bond donors (Lipinski definition) is 1. The van der Waals surface area contributed by atoms with Gasteiger partial charge in [0.2, 0.25) is 5.91 Å². The van der Waals surface area contributed by atoms with Crippen molar-refractivity contribution in [2.75, 3.05) is 19.8 Å². The molecule has 160 valence electrons. The fraction of sp³-hybridized carbons (Fsp3) is 0.455. The third-order valence-electron chi connectivity index (χ3n) is 5.09. The van der Waals surface area contributed by atoms with Crippen LogP contribution < -0.4 is 10.9 Å². The van der Waals surface area contributed by atoms with Crippen molar-refractivity contribution in [3.05, 3.63) is 52.1 Å². The first kappa shape index (κ1) is 21.7. The summed E-state index contributed by atoms with van der Waals surface area (Å²) in [6.45, 7) is 9.22. The number of ether oxygens (including phenoxy) is 1. The van der Waals surface area contributed by atoms with Crippen LogP contribution in [0.4, 0.5) is 0 Å². The molecule has 0 fully saturated rings. The minimum atomic E-state index is -0.674. The lowest BCUT2D eigenvalue weighted by atomic mass is 10.2. The Balaban J connectivity index is 1.96. The zero-order chi connectivity index (χ0) is 21.7. The molecule has 8 heteroatoms. The molecule has 0 saturated heterocycles. The molecule has 0 aliphatic heterocycles. The molecule has 0 aliphatic carbocycles. The van der Waals surface area contributed by atoms with Gasteiger partial charge in [0, 0.05) is 19.8 Å². The number of nitrogens with zero attached hydrogens (tertiary/aromatic N) is 4. The van der Waals surface area contributed by atoms with Gasteiger partial charge in [-0.05, 0) is 45.7 Å². The van der Waals surface area contributed by atoms with Crippen LogP contribution in [-0.4, -0.2) is 45.2 Å². The average molecular weight is 412 g/mol. The van der Waals surface area contributed by atoms with E-state index >= 15 is 0 Å². The molecule has 0 saturated carbocycles. The van der Waals surface area contributed by atoms with Crippen molar-refractivity contribution < 1.29 is 9.53 Å². The number of aromatic nitrogens is 4. The summed E-state index contributed by atoms with van der Waals surface area (Å²) in [5.74, 6) is -0.213. The maximum absolute atomic E-state index is 13.3. The lowest BCUT2D eigenvalue weighted by Crippen LogP contribution is -2.39. The second-order valence-corrected chi connectivity index (χ2v) is 7.16. The Morgan fingerprint density at radius 1 is 1.17 bits per heavy atom. The molecule has 30 heavy (non-hydrogen) atoms. The first-order chi connectivity index (χ1) is 14.5. The van der Waals surface area contributed by atoms with Gasteiger partial charge in [0.25, 0.3) is 5.56 Å². The minimum Gasteiger partial charge on any atom is -0.382 e. The van der Waals surface area contributed by atoms with Crippen molar-refractivity contribution in [1.29, 1.82) is 0 Å². The van der Waals surface area contributed by atoms with Gasteiger partial charge in [0.15, 0.2) is 0 Å². The Labute approximate surface area is 175 Å². The van der Waals surface area contributed by atoms with E-state index in [0.717, 1.165) is 17.8 Å². The van der Waals surface area contributed by atoms with Gasteiger partial charge in [-0.25, -0.2) is 9.36 Å². The maximum atomic E-state index is 13.3. The molecular formula is C22H29N5O3. The highest BCUT2D eigenvalue weighted by Crippen LogP contribution is 2.21. The average Bonchev–Trinajstić information content (AvgIpc) is 3.10. The van der Waals surface area contributed by atoms with Crippen molar-refractivity contribution in [3.63, 3.8) is 0 Å². The van der Waals surface area contributed by atoms with Gasteiger partial charge in [-0.15, -0.1) is 0 Å². The van der Waals surface area contributed by atoms with Crippen molar-refractivity contribution in [1.82, 2.24) is 24.9 Å². The summed E-state index contributed by atoms with van der Waals surface area (Å²) in [7, 11) is 0. The minimum absolute atomic E-state index is 0.213. The number of para-hydroxylation sites is 1. The molecule has 1 atom stereocenters. The van der Waals surface area contributed by atoms with Crippen molar-refractivity contribution in [2.24, 2.45) is 0 Å². The Kier molecular flexibility index (Phi) is 6.99. The molecular weight excluding hydrogens is 382 g/mol. The molecule has 3 aromatic rings. The molecule has 0 bridgehead atoms. The Hall–Kier alpha value is -3.00. The van der Waals surface area contributed by atoms with Gasteiger partial charge in [0.05, 0.1) is 22.5 Å². The number of carbonyl (C=O) groups is 1. The largest absolute Gasteiger partial charge is 0.382 e. The number of amides is 1. The molecule has 0 unspecified atom stereocenters. The topological polar surface area (TPSA) is 91.0 Å². The number of aryl methyl sites for hydroxylation is 2. The lowest BCUT2D eigenvalue weighted by molar-refractivity contribution is -0.124. The summed E-state index contributed by atoms with van der Waals surface area (Å²) in [6, 6.07) is 8.98. The predicted molar refractivity (Wildman–Crippen MR) is 116 cm³/mol. The Morgan fingerprint density at radius 2 is 1.90 bits per heavy atom. The lowest BCUT2D eigenvalue weighted by Gasteiger charge is -2.17. The molecule has 0 spiro atoms. The first-order valence-corrected chi connectivity index (χ1v) is 10.4. The fourth-order valence-electron chi connectivity index (χ4n) is 3.53. The number of benzene rings is 1. The zero-order valence-electron chi connectivity index (χ0n) is 18.0. The van der Waals surface area contributed by atoms with E-state index in [2.05, 4.69) is 15.5 Å². The number of carbonyl (C=O) groups excluding carboxylic acids is 1. The first-order valence-electron chi connectivity index (χ1n) is 10.4. The van der Waals surface area contributed by atoms with Crippen LogP contribution in [0.2, 0.25) is 0 Å². The monoisotopic (exact) mass is 411 g/mol. The van der Waals surface area contributed by atoms with Crippen LogP contribution in [0.1, 0.15) is 44.1 Å². The van der Waals surface area contributed by atoms with E-state index < -0.39 is 6.04 Å². The molecule has 2 aromatic heterocycles. The highest BCUT2D eigenvalue weighted by Gasteiger charge is 2.25. The highest BCUT2D eigenvalue weighted by atomic mass is 16.5. The van der Waals surface area contributed by atoms with Gasteiger partial charge in [-0.1, -0.05) is 25.1 Å². The molecule has 8 nitrogen and oxygen atoms in total. The van der Waals surface area contributed by atoms with E-state index in [4.69, 9.17) is 4.74 Å². The number of fused-ring (bicyclic) bond motifs is 1. The van der Waals surface area contributed by atoms with Gasteiger partial charge in [-0.2, -0.15) is 10.2 Å². The zero-order valence-corrected chi connectivity index (χ0v) is 18.0. The third-order valence-corrected chi connectivity index (χ3v) is 5.09. The van der Waals surface area contributed by atoms with Gasteiger partial charge < -0.3 is 10.1 Å². The second kappa shape index (κ2) is 9.67. The van der Waals surface area contributed by atoms with Crippen LogP contribution in [0.3, 0.4) is 0 Å². The number of hydrogen-bond acceptors (Lipinski definition) is 5. The smallest absolute Gasteiger partial charge is 0.278 e. The third kappa shape index (κ3) is 4.28. The summed E-state index contributed by atoms with van der Waals surface area (Å²) < 4.78 is 8.35. The van der Waals surface area contributed by atoms with E-state index in [1.54, 1.807) is 4.68 Å². The van der Waals surface area contributed by atoms with Crippen LogP contribution in [0.25, 0.3) is 16.6 Å². The van der Waals surface area contributed by atoms with Crippen LogP contribution in [0, 0.1) is 13.8 Å². The van der Waals surface area contributed by atoms with Crippen LogP contribution in [0.15, 0.2) is 35.1 Å². The molecule has 0 radical (unpaired) electrons. The van der Waals surface area contributed by atoms with E-state index in [9.17, 15) is 9.59 Å². The van der Waals surface area contributed by atoms with E-state index in [1.165, 1.54) is 4.68 Å². The standard InChI is InChI=1S/C22H29N5O3/c1-5-18(21(28)23-13-10-14-30-6-2)27-22(29)19-16(4)26(17-11-8-7-9-12-17)25-20(19)15(3)24-27/h7-9,11-12,18H,5-6,10,13-14H2,1-4H3,(H,23,28)/t18-/m0/s1. The van der Waals surface area contributed by atoms with E-state index in [-0.39, 0.29) is 11.5 Å². The van der Waals surface area contributed by atoms with E-state index in [0.29, 0.717) is 42.8 Å². The summed E-state index contributed by atoms with van der Waals surface area (Å²) >= 11 is 0. The van der Waals surface area contributed by atoms with E-state index in [1.807, 2.05) is 58.0 Å². The van der Waals surface area contributed by atoms with Gasteiger partial charge in [-0.3, -0.25) is 9.59 Å². The second-order valence-electron chi connectivity index (χ2n) is 7.16. The van der Waals surface area contributed by atoms with Crippen molar-refractivity contribution in [2.45, 2.75) is 46.6 Å². The van der Waals surface area contributed by atoms with Crippen LogP contribution in [0.5, 0.6) is 0 Å². The molecule has 3 rings (SSSR count). The highest BCUT2D eigenvalue weighted by molar-refractivity contribution is 5.84. The fourth-order valence-corrected chi connectivity index (χ4v) is 3.53. The summed E-state index contributed by atoms with van der Waals surface area (Å²) in [5, 5.41) is 12.4. The summed E-state index contributed by atoms with van der Waals surface area (Å²) in [6.07, 6.45) is 1.18. The normalized spacial score (nSPS) is 12.3. The molecule has 2 heterocycles. The van der Waals surface area contributed by atoms with Crippen molar-refractivity contribution >= 4 is 16.8 Å². The van der Waals surface area contributed by atoms with Crippen LogP contribution >= 0.6 is 0 Å². The number of rotatable bonds is 9. The van der Waals surface area contributed by atoms with Gasteiger partial charge >= 0.3 is 0 Å². The molecule has 0 aliphatic rings. The van der Waals surface area contributed by atoms with Gasteiger partial charge in [0.1, 0.15) is 11.6 Å². The van der Waals surface area contributed by atoms with Crippen molar-refractivity contribution in [3.8, 4) is 5.69 Å². The van der Waals surface area contributed by atoms with Crippen LogP contribution in [-0.2, 0) is 9.53 Å². The Bertz CT molecular complexity index is 1070. The quantitative estimate of drug-likeness (QED) is 0.547. The number of nitrogens with one attached hydrogen (secondary N) is 1. The summed E-state index contributed by atoms with van der Waals surface area (Å²) in [4.78, 5) is 26.1. The maximum Gasteiger partial charge on any atom is 0.278 e. The Morgan fingerprint density at radius 3 is 2.57 bits per heavy atom. The molecule has 1 N–H and O–H groups in total. The predicted octanol–water partition coefficient (Wildman–Crippen LogP) is 2.69. The molecule has 1 aromatic carbocycles. The summed E-state index contributed by atoms with van der Waals surface area (Å²) in [5.41, 5.74) is 2.48. The SMILES string of the molecule is CCOCCCNC(=O)[C@H](CC)n1nc(C)c2nn(-c3ccccc3)c(C)c2c1=O. The molecule has 1 amide bonds.